The van der Waals surface area contributed by atoms with E-state index in [1.54, 1.807) is 0 Å². The van der Waals surface area contributed by atoms with E-state index >= 15 is 0 Å². The van der Waals surface area contributed by atoms with Crippen molar-refractivity contribution in [2.24, 2.45) is 10.4 Å². The summed E-state index contributed by atoms with van der Waals surface area (Å²) in [6.07, 6.45) is 11.5. The highest BCUT2D eigenvalue weighted by atomic mass is 14.8. The molecule has 24 heavy (non-hydrogen) atoms. The van der Waals surface area contributed by atoms with Gasteiger partial charge in [0.2, 0.25) is 0 Å². The van der Waals surface area contributed by atoms with E-state index < -0.39 is 0 Å². The summed E-state index contributed by atoms with van der Waals surface area (Å²) in [5, 5.41) is 0. The molecule has 130 valence electrons. The SMILES string of the molecule is CC(C)=CCCC1=Nc2ccccc2CC(C)(CCC=C(C)C)C1. The zero-order valence-corrected chi connectivity index (χ0v) is 16.2. The standard InChI is InChI=1S/C23H33N/c1-18(2)10-8-13-21-17-23(5,15-9-11-19(3)4)16-20-12-6-7-14-22(20)24-21/h6-7,10-12,14H,8-9,13,15-17H2,1-5H3. The Hall–Kier alpha value is -1.63. The molecule has 0 spiro atoms. The Morgan fingerprint density at radius 1 is 1.00 bits per heavy atom. The molecule has 1 aromatic rings. The Bertz CT molecular complexity index is 640. The van der Waals surface area contributed by atoms with Gasteiger partial charge in [-0.25, -0.2) is 0 Å². The predicted molar refractivity (Wildman–Crippen MR) is 107 cm³/mol. The molecular weight excluding hydrogens is 290 g/mol. The van der Waals surface area contributed by atoms with Crippen LogP contribution < -0.4 is 0 Å². The zero-order valence-electron chi connectivity index (χ0n) is 16.2. The van der Waals surface area contributed by atoms with Gasteiger partial charge in [-0.1, -0.05) is 48.4 Å². The molecule has 1 heterocycles. The van der Waals surface area contributed by atoms with Crippen LogP contribution >= 0.6 is 0 Å². The van der Waals surface area contributed by atoms with E-state index in [2.05, 4.69) is 71.0 Å². The molecule has 0 saturated heterocycles. The molecule has 1 aliphatic heterocycles. The van der Waals surface area contributed by atoms with Crippen LogP contribution in [0.25, 0.3) is 0 Å². The van der Waals surface area contributed by atoms with E-state index in [0.29, 0.717) is 5.41 Å². The Kier molecular flexibility index (Phi) is 6.60. The number of aliphatic imine (C=N–C) groups is 1. The van der Waals surface area contributed by atoms with Crippen molar-refractivity contribution in [3.63, 3.8) is 0 Å². The summed E-state index contributed by atoms with van der Waals surface area (Å²) in [4.78, 5) is 5.05. The fraction of sp³-hybridized carbons (Fsp3) is 0.522. The highest BCUT2D eigenvalue weighted by Gasteiger charge is 2.29. The molecule has 1 unspecified atom stereocenters. The maximum atomic E-state index is 5.05. The first-order valence-electron chi connectivity index (χ1n) is 9.29. The quantitative estimate of drug-likeness (QED) is 0.491. The number of fused-ring (bicyclic) bond motifs is 1. The van der Waals surface area contributed by atoms with Gasteiger partial charge < -0.3 is 0 Å². The highest BCUT2D eigenvalue weighted by Crippen LogP contribution is 2.39. The number of hydrogen-bond donors (Lipinski definition) is 0. The largest absolute Gasteiger partial charge is 0.258 e. The first-order valence-corrected chi connectivity index (χ1v) is 9.29. The first kappa shape index (κ1) is 18.7. The lowest BCUT2D eigenvalue weighted by molar-refractivity contribution is 0.311. The van der Waals surface area contributed by atoms with E-state index in [9.17, 15) is 0 Å². The molecule has 0 radical (unpaired) electrons. The third kappa shape index (κ3) is 5.78. The summed E-state index contributed by atoms with van der Waals surface area (Å²) in [6, 6.07) is 8.70. The van der Waals surface area contributed by atoms with Crippen LogP contribution in [0.1, 0.15) is 72.3 Å². The van der Waals surface area contributed by atoms with Crippen LogP contribution in [-0.4, -0.2) is 5.71 Å². The lowest BCUT2D eigenvalue weighted by Gasteiger charge is -2.29. The fourth-order valence-electron chi connectivity index (χ4n) is 3.55. The lowest BCUT2D eigenvalue weighted by Crippen LogP contribution is -2.22. The van der Waals surface area contributed by atoms with Gasteiger partial charge in [0.1, 0.15) is 0 Å². The van der Waals surface area contributed by atoms with Crippen molar-refractivity contribution in [3.05, 3.63) is 53.1 Å². The van der Waals surface area contributed by atoms with Gasteiger partial charge in [-0.3, -0.25) is 4.99 Å². The van der Waals surface area contributed by atoms with Gasteiger partial charge in [0, 0.05) is 5.71 Å². The van der Waals surface area contributed by atoms with Crippen molar-refractivity contribution in [1.82, 2.24) is 0 Å². The average molecular weight is 324 g/mol. The van der Waals surface area contributed by atoms with Crippen molar-refractivity contribution in [2.45, 2.75) is 73.1 Å². The van der Waals surface area contributed by atoms with Crippen LogP contribution in [0, 0.1) is 5.41 Å². The Labute approximate surface area is 148 Å². The molecule has 1 aliphatic rings. The van der Waals surface area contributed by atoms with Crippen molar-refractivity contribution in [1.29, 1.82) is 0 Å². The van der Waals surface area contributed by atoms with Crippen LogP contribution in [-0.2, 0) is 6.42 Å². The molecular formula is C23H33N. The second kappa shape index (κ2) is 8.46. The molecule has 0 bridgehead atoms. The van der Waals surface area contributed by atoms with E-state index in [4.69, 9.17) is 4.99 Å². The van der Waals surface area contributed by atoms with E-state index in [1.165, 1.54) is 41.0 Å². The van der Waals surface area contributed by atoms with Crippen molar-refractivity contribution in [3.8, 4) is 0 Å². The van der Waals surface area contributed by atoms with E-state index in [0.717, 1.165) is 25.7 Å². The molecule has 2 rings (SSSR count). The van der Waals surface area contributed by atoms with Gasteiger partial charge in [-0.15, -0.1) is 0 Å². The summed E-state index contributed by atoms with van der Waals surface area (Å²) in [5.74, 6) is 0. The lowest BCUT2D eigenvalue weighted by atomic mass is 9.75. The summed E-state index contributed by atoms with van der Waals surface area (Å²) < 4.78 is 0. The van der Waals surface area contributed by atoms with Crippen molar-refractivity contribution >= 4 is 11.4 Å². The number of hydrogen-bond acceptors (Lipinski definition) is 1. The van der Waals surface area contributed by atoms with Gasteiger partial charge >= 0.3 is 0 Å². The maximum absolute atomic E-state index is 5.05. The van der Waals surface area contributed by atoms with Crippen molar-refractivity contribution < 1.29 is 0 Å². The fourth-order valence-corrected chi connectivity index (χ4v) is 3.55. The Morgan fingerprint density at radius 3 is 2.38 bits per heavy atom. The number of nitrogens with zero attached hydrogens (tertiary/aromatic N) is 1. The number of rotatable bonds is 6. The van der Waals surface area contributed by atoms with Crippen molar-refractivity contribution in [2.75, 3.05) is 0 Å². The second-order valence-corrected chi connectivity index (χ2v) is 8.11. The van der Waals surface area contributed by atoms with Gasteiger partial charge in [-0.05, 0) is 83.3 Å². The maximum Gasteiger partial charge on any atom is 0.0661 e. The summed E-state index contributed by atoms with van der Waals surface area (Å²) in [6.45, 7) is 11.2. The number of benzene rings is 1. The topological polar surface area (TPSA) is 12.4 Å². The minimum absolute atomic E-state index is 0.308. The Morgan fingerprint density at radius 2 is 1.67 bits per heavy atom. The number of allylic oxidation sites excluding steroid dienone is 4. The van der Waals surface area contributed by atoms with Crippen LogP contribution in [0.4, 0.5) is 5.69 Å². The molecule has 1 nitrogen and oxygen atoms in total. The summed E-state index contributed by atoms with van der Waals surface area (Å²) in [7, 11) is 0. The smallest absolute Gasteiger partial charge is 0.0661 e. The normalized spacial score (nSPS) is 19.8. The van der Waals surface area contributed by atoms with E-state index in [-0.39, 0.29) is 0 Å². The van der Waals surface area contributed by atoms with Crippen LogP contribution in [0.5, 0.6) is 0 Å². The van der Waals surface area contributed by atoms with Crippen LogP contribution in [0.2, 0.25) is 0 Å². The molecule has 0 aliphatic carbocycles. The molecule has 0 N–H and O–H groups in total. The van der Waals surface area contributed by atoms with Crippen LogP contribution in [0.3, 0.4) is 0 Å². The first-order chi connectivity index (χ1) is 11.4. The highest BCUT2D eigenvalue weighted by molar-refractivity contribution is 5.88. The average Bonchev–Trinajstić information content (AvgIpc) is 2.61. The number of para-hydroxylation sites is 1. The van der Waals surface area contributed by atoms with Gasteiger partial charge in [0.15, 0.2) is 0 Å². The second-order valence-electron chi connectivity index (χ2n) is 8.11. The van der Waals surface area contributed by atoms with E-state index in [1.807, 2.05) is 0 Å². The molecule has 0 fully saturated rings. The van der Waals surface area contributed by atoms with Gasteiger partial charge in [-0.2, -0.15) is 0 Å². The molecule has 1 atom stereocenters. The molecule has 1 heteroatoms. The Balaban J connectivity index is 2.21. The zero-order chi connectivity index (χ0) is 17.6. The third-order valence-electron chi connectivity index (χ3n) is 4.80. The van der Waals surface area contributed by atoms with Gasteiger partial charge in [0.25, 0.3) is 0 Å². The summed E-state index contributed by atoms with van der Waals surface area (Å²) in [5.41, 5.74) is 7.10. The molecule has 0 aromatic heterocycles. The predicted octanol–water partition coefficient (Wildman–Crippen LogP) is 7.20. The third-order valence-corrected chi connectivity index (χ3v) is 4.80. The van der Waals surface area contributed by atoms with Gasteiger partial charge in [0.05, 0.1) is 5.69 Å². The molecule has 0 saturated carbocycles. The minimum Gasteiger partial charge on any atom is -0.258 e. The minimum atomic E-state index is 0.308. The molecule has 1 aromatic carbocycles. The summed E-state index contributed by atoms with van der Waals surface area (Å²) >= 11 is 0. The van der Waals surface area contributed by atoms with Crippen LogP contribution in [0.15, 0.2) is 52.6 Å². The molecule has 0 amide bonds. The monoisotopic (exact) mass is 323 g/mol.